The van der Waals surface area contributed by atoms with Crippen molar-refractivity contribution in [2.75, 3.05) is 53.1 Å². The number of hydrogen-bond acceptors (Lipinski definition) is 9. The van der Waals surface area contributed by atoms with Gasteiger partial charge in [0.25, 0.3) is 0 Å². The third kappa shape index (κ3) is 6.23. The maximum Gasteiger partial charge on any atom is 0.234 e. The second-order valence-corrected chi connectivity index (χ2v) is 13.6. The van der Waals surface area contributed by atoms with E-state index in [4.69, 9.17) is 4.98 Å². The molecule has 7 rings (SSSR count). The van der Waals surface area contributed by atoms with Crippen molar-refractivity contribution in [3.63, 3.8) is 0 Å². The minimum Gasteiger partial charge on any atom is -0.395 e. The number of allylic oxidation sites excluding steroid dienone is 2. The van der Waals surface area contributed by atoms with E-state index in [0.29, 0.717) is 23.0 Å². The molecule has 1 unspecified atom stereocenters. The SMILES string of the molecule is CC12C/C=C\CC3CCCN(C3)c3nccc(n3)-c3cn(nn3)-c3ccc(NS(=O)(=O)CCO)cc3N(CC1)CC2. The number of hydrogen-bond donors (Lipinski definition) is 2. The average molecular weight is 579 g/mol. The molecule has 1 aromatic carbocycles. The molecule has 41 heavy (non-hydrogen) atoms. The molecule has 2 fully saturated rings. The van der Waals surface area contributed by atoms with E-state index >= 15 is 0 Å². The molecule has 2 N–H and O–H groups in total. The van der Waals surface area contributed by atoms with Crippen LogP contribution in [0.1, 0.15) is 45.4 Å². The van der Waals surface area contributed by atoms with Gasteiger partial charge in [-0.15, -0.1) is 5.10 Å². The van der Waals surface area contributed by atoms with E-state index in [1.165, 1.54) is 6.42 Å². The van der Waals surface area contributed by atoms with Gasteiger partial charge >= 0.3 is 0 Å². The molecule has 0 spiro atoms. The third-order valence-corrected chi connectivity index (χ3v) is 9.88. The van der Waals surface area contributed by atoms with Gasteiger partial charge in [-0.1, -0.05) is 24.3 Å². The molecule has 3 aromatic rings. The first-order chi connectivity index (χ1) is 19.8. The van der Waals surface area contributed by atoms with Gasteiger partial charge in [0.1, 0.15) is 5.69 Å². The zero-order chi connectivity index (χ0) is 28.5. The average Bonchev–Trinajstić information content (AvgIpc) is 3.46. The molecule has 4 aliphatic heterocycles. The van der Waals surface area contributed by atoms with Gasteiger partial charge in [0.15, 0.2) is 0 Å². The van der Waals surface area contributed by atoms with Crippen LogP contribution in [0.3, 0.4) is 0 Å². The predicted molar refractivity (Wildman–Crippen MR) is 160 cm³/mol. The Bertz CT molecular complexity index is 1510. The van der Waals surface area contributed by atoms with Crippen LogP contribution in [-0.2, 0) is 10.0 Å². The van der Waals surface area contributed by atoms with Crippen molar-refractivity contribution in [3.8, 4) is 17.1 Å². The van der Waals surface area contributed by atoms with Gasteiger partial charge < -0.3 is 14.9 Å². The topological polar surface area (TPSA) is 129 Å². The lowest BCUT2D eigenvalue weighted by molar-refractivity contribution is 0.251. The third-order valence-electron chi connectivity index (χ3n) is 8.61. The van der Waals surface area contributed by atoms with Gasteiger partial charge in [-0.25, -0.2) is 23.1 Å². The fourth-order valence-corrected chi connectivity index (χ4v) is 6.94. The van der Waals surface area contributed by atoms with Crippen molar-refractivity contribution in [1.82, 2.24) is 25.0 Å². The summed E-state index contributed by atoms with van der Waals surface area (Å²) in [6.07, 6.45) is 14.9. The molecule has 12 heteroatoms. The number of aliphatic hydroxyl groups excluding tert-OH is 1. The van der Waals surface area contributed by atoms with E-state index in [0.717, 1.165) is 75.6 Å². The standard InChI is InChI=1S/C29H38N8O3S/c1-29-10-3-2-5-22-6-4-14-36(20-22)28-30-13-9-24(31-28)25-21-37(34-32-25)26-8-7-23(33-41(39,40)18-17-38)19-27(26)35(15-11-29)16-12-29/h2-3,7-9,13,19,21-22,33,38H,4-6,10-12,14-18,20H2,1H3/b3-2-. The second kappa shape index (κ2) is 11.4. The van der Waals surface area contributed by atoms with Gasteiger partial charge in [-0.05, 0) is 74.1 Å². The minimum absolute atomic E-state index is 0.211. The zero-order valence-electron chi connectivity index (χ0n) is 23.5. The lowest BCUT2D eigenvalue weighted by Gasteiger charge is -2.40. The van der Waals surface area contributed by atoms with Gasteiger partial charge in [0, 0.05) is 32.4 Å². The maximum absolute atomic E-state index is 12.4. The molecule has 0 radical (unpaired) electrons. The number of rotatable bonds is 4. The Hall–Kier alpha value is -3.51. The van der Waals surface area contributed by atoms with Crippen molar-refractivity contribution in [1.29, 1.82) is 0 Å². The van der Waals surface area contributed by atoms with Crippen molar-refractivity contribution in [3.05, 3.63) is 48.8 Å². The van der Waals surface area contributed by atoms with Crippen LogP contribution in [0.25, 0.3) is 17.1 Å². The van der Waals surface area contributed by atoms with Crippen LogP contribution < -0.4 is 14.5 Å². The predicted octanol–water partition coefficient (Wildman–Crippen LogP) is 3.63. The molecular formula is C29H38N8O3S. The maximum atomic E-state index is 12.4. The van der Waals surface area contributed by atoms with E-state index in [2.05, 4.69) is 48.9 Å². The molecule has 2 saturated heterocycles. The first-order valence-electron chi connectivity index (χ1n) is 14.5. The summed E-state index contributed by atoms with van der Waals surface area (Å²) in [6, 6.07) is 7.30. The van der Waals surface area contributed by atoms with Crippen LogP contribution in [0.2, 0.25) is 0 Å². The molecule has 6 heterocycles. The zero-order valence-corrected chi connectivity index (χ0v) is 24.3. The Morgan fingerprint density at radius 1 is 1.07 bits per heavy atom. The number of nitrogens with zero attached hydrogens (tertiary/aromatic N) is 7. The molecule has 0 aliphatic carbocycles. The summed E-state index contributed by atoms with van der Waals surface area (Å²) in [4.78, 5) is 14.0. The highest BCUT2D eigenvalue weighted by molar-refractivity contribution is 7.92. The molecular weight excluding hydrogens is 540 g/mol. The summed E-state index contributed by atoms with van der Waals surface area (Å²) >= 11 is 0. The van der Waals surface area contributed by atoms with Crippen LogP contribution in [0.15, 0.2) is 48.8 Å². The first kappa shape index (κ1) is 27.6. The highest BCUT2D eigenvalue weighted by Gasteiger charge is 2.31. The minimum atomic E-state index is -3.66. The quantitative estimate of drug-likeness (QED) is 0.446. The van der Waals surface area contributed by atoms with Crippen molar-refractivity contribution in [2.45, 2.75) is 45.4 Å². The number of piperidine rings is 2. The molecule has 4 aliphatic rings. The van der Waals surface area contributed by atoms with Gasteiger partial charge in [0.05, 0.1) is 41.3 Å². The lowest BCUT2D eigenvalue weighted by atomic mass is 9.77. The Kier molecular flexibility index (Phi) is 7.69. The molecule has 1 atom stereocenters. The van der Waals surface area contributed by atoms with Crippen LogP contribution in [0.5, 0.6) is 0 Å². The number of anilines is 3. The molecule has 11 nitrogen and oxygen atoms in total. The summed E-state index contributed by atoms with van der Waals surface area (Å²) in [5.41, 5.74) is 3.71. The van der Waals surface area contributed by atoms with Crippen molar-refractivity contribution in [2.24, 2.45) is 11.3 Å². The second-order valence-electron chi connectivity index (χ2n) is 11.8. The molecule has 8 bridgehead atoms. The number of fused-ring (bicyclic) bond motifs is 4. The van der Waals surface area contributed by atoms with E-state index < -0.39 is 16.6 Å². The van der Waals surface area contributed by atoms with Crippen LogP contribution >= 0.6 is 0 Å². The molecule has 0 saturated carbocycles. The highest BCUT2D eigenvalue weighted by atomic mass is 32.2. The number of aliphatic hydroxyl groups is 1. The summed E-state index contributed by atoms with van der Waals surface area (Å²) in [5, 5.41) is 18.1. The Morgan fingerprint density at radius 2 is 1.93 bits per heavy atom. The van der Waals surface area contributed by atoms with E-state index in [1.807, 2.05) is 24.4 Å². The van der Waals surface area contributed by atoms with E-state index in [-0.39, 0.29) is 11.2 Å². The number of aromatic nitrogens is 5. The Labute approximate surface area is 241 Å². The van der Waals surface area contributed by atoms with Gasteiger partial charge in [-0.3, -0.25) is 4.72 Å². The summed E-state index contributed by atoms with van der Waals surface area (Å²) in [6.45, 7) is 5.52. The molecule has 2 aromatic heterocycles. The van der Waals surface area contributed by atoms with Crippen LogP contribution in [-0.4, -0.2) is 77.0 Å². The summed E-state index contributed by atoms with van der Waals surface area (Å²) < 4.78 is 29.2. The van der Waals surface area contributed by atoms with Gasteiger partial charge in [-0.2, -0.15) is 0 Å². The number of sulfonamides is 1. The first-order valence-corrected chi connectivity index (χ1v) is 16.1. The molecule has 218 valence electrons. The van der Waals surface area contributed by atoms with Crippen molar-refractivity contribution >= 4 is 27.3 Å². The largest absolute Gasteiger partial charge is 0.395 e. The van der Waals surface area contributed by atoms with E-state index in [1.54, 1.807) is 16.9 Å². The monoisotopic (exact) mass is 578 g/mol. The summed E-state index contributed by atoms with van der Waals surface area (Å²) in [7, 11) is -3.66. The lowest BCUT2D eigenvalue weighted by Crippen LogP contribution is -2.39. The van der Waals surface area contributed by atoms with Gasteiger partial charge in [0.2, 0.25) is 16.0 Å². The van der Waals surface area contributed by atoms with E-state index in [9.17, 15) is 13.5 Å². The van der Waals surface area contributed by atoms with Crippen LogP contribution in [0, 0.1) is 11.3 Å². The molecule has 0 amide bonds. The fraction of sp³-hybridized carbons (Fsp3) is 0.517. The Balaban J connectivity index is 1.39. The van der Waals surface area contributed by atoms with Crippen molar-refractivity contribution < 1.29 is 13.5 Å². The Morgan fingerprint density at radius 3 is 2.76 bits per heavy atom. The normalized spacial score (nSPS) is 23.7. The highest BCUT2D eigenvalue weighted by Crippen LogP contribution is 2.39. The smallest absolute Gasteiger partial charge is 0.234 e. The number of benzene rings is 1. The van der Waals surface area contributed by atoms with Crippen LogP contribution in [0.4, 0.5) is 17.3 Å². The summed E-state index contributed by atoms with van der Waals surface area (Å²) in [5.74, 6) is 0.953. The number of nitrogens with one attached hydrogen (secondary N) is 1. The fourth-order valence-electron chi connectivity index (χ4n) is 6.11.